The van der Waals surface area contributed by atoms with Crippen LogP contribution in [0, 0.1) is 11.3 Å². The third kappa shape index (κ3) is 13.0. The summed E-state index contributed by atoms with van der Waals surface area (Å²) in [6.07, 6.45) is -52.8. The van der Waals surface area contributed by atoms with Crippen molar-refractivity contribution in [2.24, 2.45) is 0 Å². The number of hydrogen-bond donors (Lipinski definition) is 0. The van der Waals surface area contributed by atoms with Crippen molar-refractivity contribution in [1.82, 2.24) is 0 Å². The highest BCUT2D eigenvalue weighted by Crippen LogP contribution is 2.41. The van der Waals surface area contributed by atoms with E-state index in [1.54, 1.807) is 0 Å². The number of allylic oxidation sites excluding steroid dienone is 1. The smallest absolute Gasteiger partial charge is 0.194 e. The molecule has 412 valence electrons. The summed E-state index contributed by atoms with van der Waals surface area (Å²) >= 11 is 0. The minimum atomic E-state index is -6.13. The van der Waals surface area contributed by atoms with Gasteiger partial charge in [-0.1, -0.05) is 104 Å². The second kappa shape index (κ2) is 20.6. The highest BCUT2D eigenvalue weighted by Gasteiger charge is 2.47. The van der Waals surface area contributed by atoms with Gasteiger partial charge in [0.15, 0.2) is 12.7 Å². The van der Waals surface area contributed by atoms with E-state index < -0.39 is 195 Å². The van der Waals surface area contributed by atoms with Gasteiger partial charge in [0.25, 0.3) is 0 Å². The van der Waals surface area contributed by atoms with Gasteiger partial charge in [-0.15, -0.1) is 0 Å². The molecule has 7 aromatic rings. The van der Waals surface area contributed by atoms with Crippen LogP contribution in [0.15, 0.2) is 146 Å². The monoisotopic (exact) mass is 1130 g/mol. The molecule has 0 N–H and O–H groups in total. The number of fused-ring (bicyclic) bond motifs is 1. The van der Waals surface area contributed by atoms with Crippen molar-refractivity contribution >= 4 is 44.3 Å². The van der Waals surface area contributed by atoms with E-state index in [2.05, 4.69) is 41.5 Å². The number of nitriles is 1. The number of alkyl halides is 24. The van der Waals surface area contributed by atoms with Crippen LogP contribution in [0.1, 0.15) is 55.8 Å². The standard InChI is InChI=1S/C32H12BF24.C19H15N2/c34-25(35,36)13-1-14(26(37,38)39)6-21(5-13)33(22-7-15(27(40,41)42)2-16(8-22)28(43,44)45,23-9-17(29(46,47)48)3-18(10-23)30(49,50)51)24-11-19(31(52,53)54)4-20(12-24)32(55,56)57;1-15(13-20)19-18-10-6-5-9-17(18)11-12-21(19)14-16-7-3-2-4-8-16/h1-12H;2-12H,1,14H2/q-1;+1. The topological polar surface area (TPSA) is 27.7 Å². The van der Waals surface area contributed by atoms with Crippen LogP contribution in [0.4, 0.5) is 105 Å². The van der Waals surface area contributed by atoms with Crippen molar-refractivity contribution in [3.8, 4) is 6.07 Å². The molecule has 0 spiro atoms. The van der Waals surface area contributed by atoms with Gasteiger partial charge in [-0.3, -0.25) is 0 Å². The van der Waals surface area contributed by atoms with Gasteiger partial charge in [0, 0.05) is 11.6 Å². The molecule has 27 heteroatoms. The van der Waals surface area contributed by atoms with Gasteiger partial charge in [0.1, 0.15) is 17.8 Å². The van der Waals surface area contributed by atoms with Crippen molar-refractivity contribution in [3.63, 3.8) is 0 Å². The van der Waals surface area contributed by atoms with Gasteiger partial charge < -0.3 is 0 Å². The van der Waals surface area contributed by atoms with E-state index in [9.17, 15) is 111 Å². The summed E-state index contributed by atoms with van der Waals surface area (Å²) in [6.45, 7) is 4.64. The molecule has 2 nitrogen and oxygen atoms in total. The maximum absolute atomic E-state index is 14.2. The average molecular weight is 1130 g/mol. The Morgan fingerprint density at radius 2 is 0.654 bits per heavy atom. The molecule has 78 heavy (non-hydrogen) atoms. The summed E-state index contributed by atoms with van der Waals surface area (Å²) in [5.41, 5.74) is -27.6. The normalized spacial score (nSPS) is 13.2. The zero-order chi connectivity index (χ0) is 58.6. The van der Waals surface area contributed by atoms with Crippen LogP contribution >= 0.6 is 0 Å². The molecule has 0 amide bonds. The average Bonchev–Trinajstić information content (AvgIpc) is 3.32. The molecule has 0 bridgehead atoms. The van der Waals surface area contributed by atoms with Gasteiger partial charge in [0.05, 0.1) is 49.9 Å². The molecule has 1 aromatic heterocycles. The Morgan fingerprint density at radius 3 is 0.923 bits per heavy atom. The lowest BCUT2D eigenvalue weighted by Gasteiger charge is -2.46. The van der Waals surface area contributed by atoms with Crippen LogP contribution in [0.25, 0.3) is 16.3 Å². The first kappa shape index (κ1) is 59.6. The van der Waals surface area contributed by atoms with E-state index in [0.29, 0.717) is 5.57 Å². The number of hydrogen-bond acceptors (Lipinski definition) is 1. The van der Waals surface area contributed by atoms with E-state index in [1.807, 2.05) is 42.6 Å². The van der Waals surface area contributed by atoms with E-state index in [-0.39, 0.29) is 0 Å². The van der Waals surface area contributed by atoms with Crippen LogP contribution in [0.2, 0.25) is 0 Å². The summed E-state index contributed by atoms with van der Waals surface area (Å²) in [7, 11) is 0. The molecule has 0 radical (unpaired) electrons. The molecular weight excluding hydrogens is 1110 g/mol. The van der Waals surface area contributed by atoms with Crippen molar-refractivity contribution in [3.05, 3.63) is 202 Å². The van der Waals surface area contributed by atoms with Crippen molar-refractivity contribution in [1.29, 1.82) is 5.26 Å². The third-order valence-electron chi connectivity index (χ3n) is 12.0. The maximum Gasteiger partial charge on any atom is 0.416 e. The molecule has 0 fully saturated rings. The number of benzene rings is 6. The molecule has 0 unspecified atom stereocenters. The zero-order valence-corrected chi connectivity index (χ0v) is 38.2. The predicted octanol–water partition coefficient (Wildman–Crippen LogP) is 14.9. The minimum Gasteiger partial charge on any atom is -0.194 e. The quantitative estimate of drug-likeness (QED) is 0.0676. The number of rotatable bonds is 7. The van der Waals surface area contributed by atoms with Crippen LogP contribution in [-0.2, 0) is 56.0 Å². The first-order chi connectivity index (χ1) is 35.6. The lowest BCUT2D eigenvalue weighted by Crippen LogP contribution is -2.75. The molecule has 0 saturated carbocycles. The van der Waals surface area contributed by atoms with Gasteiger partial charge >= 0.3 is 49.4 Å². The van der Waals surface area contributed by atoms with Crippen molar-refractivity contribution in [2.45, 2.75) is 56.0 Å². The predicted molar refractivity (Wildman–Crippen MR) is 234 cm³/mol. The molecule has 0 aliphatic heterocycles. The van der Waals surface area contributed by atoms with E-state index in [0.717, 1.165) is 23.0 Å². The second-order valence-electron chi connectivity index (χ2n) is 17.2. The summed E-state index contributed by atoms with van der Waals surface area (Å²) in [5.74, 6) is 0. The molecule has 0 aliphatic rings. The molecule has 0 aliphatic carbocycles. The Balaban J connectivity index is 0.000000387. The van der Waals surface area contributed by atoms with E-state index >= 15 is 0 Å². The lowest BCUT2D eigenvalue weighted by molar-refractivity contribution is -0.689. The largest absolute Gasteiger partial charge is 0.416 e. The Labute approximate surface area is 423 Å². The van der Waals surface area contributed by atoms with Crippen molar-refractivity contribution < 1.29 is 110 Å². The number of aromatic nitrogens is 1. The summed E-state index contributed by atoms with van der Waals surface area (Å²) in [6, 6.07) is 13.7. The van der Waals surface area contributed by atoms with Crippen LogP contribution in [-0.4, -0.2) is 6.15 Å². The minimum absolute atomic E-state index is 0.489. The van der Waals surface area contributed by atoms with Crippen LogP contribution < -0.4 is 26.4 Å². The third-order valence-corrected chi connectivity index (χ3v) is 12.0. The molecule has 0 saturated heterocycles. The van der Waals surface area contributed by atoms with Gasteiger partial charge in [-0.05, 0) is 35.7 Å². The second-order valence-corrected chi connectivity index (χ2v) is 17.2. The highest BCUT2D eigenvalue weighted by molar-refractivity contribution is 7.20. The summed E-state index contributed by atoms with van der Waals surface area (Å²) in [4.78, 5) is 0. The SMILES string of the molecule is C=C(C#N)c1c2ccccc2cc[n+]1Cc1ccccc1.FC(F)(F)c1cc([B-](c2cc(C(F)(F)F)cc(C(F)(F)F)c2)(c2cc(C(F)(F)F)cc(C(F)(F)F)c2)c2cc(C(F)(F)F)cc(C(F)(F)F)c2)cc(C(F)(F)F)c1. The molecular formula is C51H27BF24N2. The summed E-state index contributed by atoms with van der Waals surface area (Å²) in [5, 5.41) is 11.5. The molecule has 0 atom stereocenters. The lowest BCUT2D eigenvalue weighted by atomic mass is 9.12. The van der Waals surface area contributed by atoms with Gasteiger partial charge in [0.2, 0.25) is 5.69 Å². The number of nitrogens with zero attached hydrogens (tertiary/aromatic N) is 2. The zero-order valence-electron chi connectivity index (χ0n) is 38.2. The fraction of sp³-hybridized carbons (Fsp3) is 0.176. The van der Waals surface area contributed by atoms with Crippen LogP contribution in [0.3, 0.4) is 0 Å². The van der Waals surface area contributed by atoms with Gasteiger partial charge in [-0.2, -0.15) is 137 Å². The first-order valence-corrected chi connectivity index (χ1v) is 21.5. The highest BCUT2D eigenvalue weighted by atomic mass is 19.4. The Hall–Kier alpha value is -7.66. The Kier molecular flexibility index (Phi) is 15.7. The number of pyridine rings is 1. The van der Waals surface area contributed by atoms with Gasteiger partial charge in [-0.25, -0.2) is 0 Å². The number of halogens is 24. The fourth-order valence-electron chi connectivity index (χ4n) is 8.63. The molecule has 1 heterocycles. The van der Waals surface area contributed by atoms with E-state index in [1.165, 1.54) is 5.56 Å². The van der Waals surface area contributed by atoms with E-state index in [4.69, 9.17) is 0 Å². The van der Waals surface area contributed by atoms with Crippen LogP contribution in [0.5, 0.6) is 0 Å². The summed E-state index contributed by atoms with van der Waals surface area (Å²) < 4.78 is 343. The fourth-order valence-corrected chi connectivity index (χ4v) is 8.63. The molecule has 6 aromatic carbocycles. The molecule has 7 rings (SSSR count). The van der Waals surface area contributed by atoms with Crippen molar-refractivity contribution in [2.75, 3.05) is 0 Å². The Morgan fingerprint density at radius 1 is 0.385 bits per heavy atom. The maximum atomic E-state index is 14.2. The first-order valence-electron chi connectivity index (χ1n) is 21.5. The Bertz CT molecular complexity index is 2970.